The van der Waals surface area contributed by atoms with Gasteiger partial charge in [0, 0.05) is 16.4 Å². The van der Waals surface area contributed by atoms with Gasteiger partial charge in [0.05, 0.1) is 5.69 Å². The van der Waals surface area contributed by atoms with Gasteiger partial charge in [0.25, 0.3) is 0 Å². The summed E-state index contributed by atoms with van der Waals surface area (Å²) in [4.78, 5) is 14.3. The van der Waals surface area contributed by atoms with Crippen LogP contribution < -0.4 is 5.32 Å². The van der Waals surface area contributed by atoms with E-state index in [-0.39, 0.29) is 11.6 Å². The zero-order valence-corrected chi connectivity index (χ0v) is 6.16. The van der Waals surface area contributed by atoms with Crippen LogP contribution in [-0.2, 0) is 4.79 Å². The van der Waals surface area contributed by atoms with E-state index in [4.69, 9.17) is 4.11 Å². The van der Waals surface area contributed by atoms with Crippen LogP contribution in [0.15, 0.2) is 5.38 Å². The number of rotatable bonds is 1. The van der Waals surface area contributed by atoms with E-state index in [2.05, 4.69) is 10.3 Å². The maximum atomic E-state index is 10.6. The second-order valence-electron chi connectivity index (χ2n) is 1.72. The molecule has 0 aliphatic rings. The lowest BCUT2D eigenvalue weighted by Gasteiger charge is -1.91. The van der Waals surface area contributed by atoms with Crippen molar-refractivity contribution in [3.05, 3.63) is 11.1 Å². The molecule has 1 amide bonds. The fraction of sp³-hybridized carbons (Fsp3) is 0.333. The largest absolute Gasteiger partial charge is 0.302 e. The molecule has 0 saturated carbocycles. The van der Waals surface area contributed by atoms with E-state index in [0.29, 0.717) is 5.13 Å². The Hall–Kier alpha value is -0.900. The van der Waals surface area contributed by atoms with Gasteiger partial charge in [0.1, 0.15) is 0 Å². The van der Waals surface area contributed by atoms with Crippen LogP contribution in [0.1, 0.15) is 16.7 Å². The summed E-state index contributed by atoms with van der Waals surface area (Å²) in [7, 11) is 0. The molecule has 0 bridgehead atoms. The minimum atomic E-state index is -2.20. The highest BCUT2D eigenvalue weighted by atomic mass is 32.1. The summed E-state index contributed by atoms with van der Waals surface area (Å²) in [6.07, 6.45) is 0. The Morgan fingerprint density at radius 1 is 2.00 bits per heavy atom. The third-order valence-electron chi connectivity index (χ3n) is 0.787. The maximum Gasteiger partial charge on any atom is 0.223 e. The van der Waals surface area contributed by atoms with Crippen molar-refractivity contribution in [2.45, 2.75) is 13.8 Å². The third kappa shape index (κ3) is 1.80. The fourth-order valence-electron chi connectivity index (χ4n) is 0.482. The van der Waals surface area contributed by atoms with Crippen LogP contribution in [0.2, 0.25) is 0 Å². The Balaban J connectivity index is 2.81. The molecular formula is C6H8N2OS. The van der Waals surface area contributed by atoms with Crippen LogP contribution in [0.3, 0.4) is 0 Å². The number of aromatic nitrogens is 1. The normalized spacial score (nSPS) is 15.1. The molecule has 1 N–H and O–H groups in total. The van der Waals surface area contributed by atoms with Crippen LogP contribution in [0, 0.1) is 6.85 Å². The molecule has 4 heteroatoms. The Labute approximate surface area is 67.3 Å². The van der Waals surface area contributed by atoms with Crippen LogP contribution in [-0.4, -0.2) is 10.9 Å². The molecule has 0 atom stereocenters. The minimum Gasteiger partial charge on any atom is -0.302 e. The van der Waals surface area contributed by atoms with Gasteiger partial charge in [-0.15, -0.1) is 11.3 Å². The number of hydrogen-bond acceptors (Lipinski definition) is 3. The molecule has 54 valence electrons. The summed E-state index contributed by atoms with van der Waals surface area (Å²) in [5.74, 6) is -0.258. The van der Waals surface area contributed by atoms with Gasteiger partial charge >= 0.3 is 0 Å². The summed E-state index contributed by atoms with van der Waals surface area (Å²) in [6, 6.07) is 0. The number of amides is 1. The minimum absolute atomic E-state index is 0.0150. The lowest BCUT2D eigenvalue weighted by molar-refractivity contribution is -0.114. The Morgan fingerprint density at radius 3 is 3.30 bits per heavy atom. The van der Waals surface area contributed by atoms with Crippen molar-refractivity contribution in [1.82, 2.24) is 4.98 Å². The molecule has 1 aromatic rings. The van der Waals surface area contributed by atoms with Crippen LogP contribution >= 0.6 is 11.3 Å². The van der Waals surface area contributed by atoms with Gasteiger partial charge in [-0.05, 0) is 6.85 Å². The number of nitrogens with one attached hydrogen (secondary N) is 1. The van der Waals surface area contributed by atoms with Gasteiger partial charge in [-0.25, -0.2) is 4.98 Å². The van der Waals surface area contributed by atoms with E-state index in [1.165, 1.54) is 12.3 Å². The first-order valence-electron chi connectivity index (χ1n) is 4.13. The molecule has 1 heterocycles. The molecule has 1 rings (SSSR count). The molecule has 0 aliphatic carbocycles. The average molecular weight is 159 g/mol. The van der Waals surface area contributed by atoms with Gasteiger partial charge in [0.15, 0.2) is 5.13 Å². The molecule has 0 aliphatic heterocycles. The molecule has 0 fully saturated rings. The molecule has 3 nitrogen and oxygen atoms in total. The number of nitrogens with zero attached hydrogens (tertiary/aromatic N) is 1. The van der Waals surface area contributed by atoms with E-state index >= 15 is 0 Å². The van der Waals surface area contributed by atoms with Crippen molar-refractivity contribution in [3.63, 3.8) is 0 Å². The lowest BCUT2D eigenvalue weighted by atomic mass is 10.6. The van der Waals surface area contributed by atoms with Gasteiger partial charge in [0.2, 0.25) is 5.91 Å². The number of carbonyl (C=O) groups is 1. The predicted octanol–water partition coefficient (Wildman–Crippen LogP) is 1.41. The molecule has 1 aromatic heterocycles. The van der Waals surface area contributed by atoms with Crippen molar-refractivity contribution in [1.29, 1.82) is 0 Å². The molecule has 10 heavy (non-hydrogen) atoms. The first kappa shape index (κ1) is 4.08. The first-order valence-corrected chi connectivity index (χ1v) is 3.51. The van der Waals surface area contributed by atoms with Gasteiger partial charge in [-0.2, -0.15) is 0 Å². The molecule has 0 radical (unpaired) electrons. The van der Waals surface area contributed by atoms with Crippen LogP contribution in [0.25, 0.3) is 0 Å². The number of anilines is 1. The molecular weight excluding hydrogens is 148 g/mol. The van der Waals surface area contributed by atoms with E-state index in [0.717, 1.165) is 11.3 Å². The zero-order chi connectivity index (χ0) is 10.1. The smallest absolute Gasteiger partial charge is 0.223 e. The lowest BCUT2D eigenvalue weighted by Crippen LogP contribution is -2.04. The van der Waals surface area contributed by atoms with E-state index < -0.39 is 6.85 Å². The summed E-state index contributed by atoms with van der Waals surface area (Å²) in [6.45, 7) is -0.858. The van der Waals surface area contributed by atoms with Crippen molar-refractivity contribution in [2.24, 2.45) is 0 Å². The second-order valence-corrected chi connectivity index (χ2v) is 2.58. The zero-order valence-electron chi connectivity index (χ0n) is 8.34. The SMILES string of the molecule is [2H]C([2H])([2H])c1csc(NC(C)=O)n1. The molecule has 0 saturated heterocycles. The van der Waals surface area contributed by atoms with Crippen molar-refractivity contribution in [2.75, 3.05) is 5.32 Å². The number of hydrogen-bond donors (Lipinski definition) is 1. The summed E-state index contributed by atoms with van der Waals surface area (Å²) >= 11 is 1.10. The second kappa shape index (κ2) is 2.79. The molecule has 0 spiro atoms. The monoisotopic (exact) mass is 159 g/mol. The number of carbonyl (C=O) groups excluding carboxylic acids is 1. The molecule has 0 aromatic carbocycles. The van der Waals surface area contributed by atoms with Crippen molar-refractivity contribution >= 4 is 22.4 Å². The highest BCUT2D eigenvalue weighted by molar-refractivity contribution is 7.13. The standard InChI is InChI=1S/C6H8N2OS/c1-4-3-10-6(7-4)8-5(2)9/h3H,1-2H3,(H,7,8,9)/i1D3. The van der Waals surface area contributed by atoms with Crippen molar-refractivity contribution < 1.29 is 8.91 Å². The highest BCUT2D eigenvalue weighted by Crippen LogP contribution is 2.13. The summed E-state index contributed by atoms with van der Waals surface area (Å²) in [5, 5.41) is 4.15. The van der Waals surface area contributed by atoms with Gasteiger partial charge in [-0.1, -0.05) is 0 Å². The average Bonchev–Trinajstić information content (AvgIpc) is 2.32. The number of aryl methyl sites for hydroxylation is 1. The third-order valence-corrected chi connectivity index (χ3v) is 1.54. The Bertz CT molecular complexity index is 320. The Morgan fingerprint density at radius 2 is 2.80 bits per heavy atom. The maximum absolute atomic E-state index is 10.6. The number of thiazole rings is 1. The van der Waals surface area contributed by atoms with E-state index in [1.54, 1.807) is 0 Å². The molecule has 0 unspecified atom stereocenters. The fourth-order valence-corrected chi connectivity index (χ4v) is 1.11. The van der Waals surface area contributed by atoms with Gasteiger partial charge in [-0.3, -0.25) is 4.79 Å². The Kier molecular flexibility index (Phi) is 1.14. The summed E-state index contributed by atoms with van der Waals surface area (Å²) in [5.41, 5.74) is 0.0150. The first-order chi connectivity index (χ1) is 5.89. The van der Waals surface area contributed by atoms with E-state index in [1.807, 2.05) is 0 Å². The summed E-state index contributed by atoms with van der Waals surface area (Å²) < 4.78 is 21.1. The van der Waals surface area contributed by atoms with Crippen LogP contribution in [0.5, 0.6) is 0 Å². The quantitative estimate of drug-likeness (QED) is 0.673. The predicted molar refractivity (Wildman–Crippen MR) is 41.2 cm³/mol. The van der Waals surface area contributed by atoms with Gasteiger partial charge < -0.3 is 5.32 Å². The topological polar surface area (TPSA) is 42.0 Å². The van der Waals surface area contributed by atoms with Crippen LogP contribution in [0.4, 0.5) is 5.13 Å². The highest BCUT2D eigenvalue weighted by Gasteiger charge is 1.97. The van der Waals surface area contributed by atoms with Crippen molar-refractivity contribution in [3.8, 4) is 0 Å². The van der Waals surface area contributed by atoms with E-state index in [9.17, 15) is 4.79 Å².